The van der Waals surface area contributed by atoms with Gasteiger partial charge in [-0.3, -0.25) is 4.79 Å². The molecule has 0 radical (unpaired) electrons. The Kier molecular flexibility index (Phi) is 6.23. The number of esters is 1. The lowest BCUT2D eigenvalue weighted by molar-refractivity contribution is -0.135. The van der Waals surface area contributed by atoms with Crippen molar-refractivity contribution in [3.05, 3.63) is 90.5 Å². The molecule has 0 bridgehead atoms. The number of amides is 1. The number of piperazine rings is 1. The quantitative estimate of drug-likeness (QED) is 0.316. The van der Waals surface area contributed by atoms with Crippen LogP contribution in [0.15, 0.2) is 89.8 Å². The zero-order valence-corrected chi connectivity index (χ0v) is 19.8. The molecular weight excluding hydrogens is 464 g/mol. The van der Waals surface area contributed by atoms with Gasteiger partial charge in [0.25, 0.3) is 5.91 Å². The van der Waals surface area contributed by atoms with Crippen LogP contribution in [0.5, 0.6) is 0 Å². The molecule has 1 fully saturated rings. The largest absolute Gasteiger partial charge is 0.452 e. The van der Waals surface area contributed by atoms with Crippen molar-refractivity contribution >= 4 is 43.4 Å². The highest BCUT2D eigenvalue weighted by Gasteiger charge is 2.30. The van der Waals surface area contributed by atoms with Crippen LogP contribution in [0.4, 0.5) is 0 Å². The Labute approximate surface area is 203 Å². The van der Waals surface area contributed by atoms with E-state index in [1.54, 1.807) is 30.3 Å². The fourth-order valence-electron chi connectivity index (χ4n) is 4.44. The molecule has 8 heteroatoms. The monoisotopic (exact) mass is 488 g/mol. The van der Waals surface area contributed by atoms with Crippen molar-refractivity contribution in [2.75, 3.05) is 32.8 Å². The fourth-order valence-corrected chi connectivity index (χ4v) is 5.89. The number of benzene rings is 4. The summed E-state index contributed by atoms with van der Waals surface area (Å²) in [5.74, 6) is -0.906. The van der Waals surface area contributed by atoms with E-state index in [-0.39, 0.29) is 37.0 Å². The fraction of sp³-hybridized carbons (Fsp3) is 0.185. The van der Waals surface area contributed by atoms with E-state index in [4.69, 9.17) is 4.74 Å². The van der Waals surface area contributed by atoms with E-state index < -0.39 is 22.6 Å². The molecule has 4 aromatic rings. The Morgan fingerprint density at radius 1 is 0.743 bits per heavy atom. The lowest BCUT2D eigenvalue weighted by atomic mass is 9.97. The molecule has 0 aliphatic carbocycles. The van der Waals surface area contributed by atoms with Gasteiger partial charge in [0, 0.05) is 26.2 Å². The summed E-state index contributed by atoms with van der Waals surface area (Å²) in [4.78, 5) is 27.7. The minimum Gasteiger partial charge on any atom is -0.452 e. The second kappa shape index (κ2) is 9.48. The highest BCUT2D eigenvalue weighted by atomic mass is 32.2. The maximum Gasteiger partial charge on any atom is 0.339 e. The molecule has 0 saturated carbocycles. The van der Waals surface area contributed by atoms with Crippen LogP contribution in [-0.2, 0) is 19.6 Å². The maximum atomic E-state index is 13.1. The zero-order chi connectivity index (χ0) is 24.4. The minimum absolute atomic E-state index is 0.185. The first-order valence-corrected chi connectivity index (χ1v) is 12.8. The number of ether oxygens (including phenoxy) is 1. The van der Waals surface area contributed by atoms with Crippen molar-refractivity contribution in [2.45, 2.75) is 4.90 Å². The molecule has 7 nitrogen and oxygen atoms in total. The zero-order valence-electron chi connectivity index (χ0n) is 19.0. The second-order valence-electron chi connectivity index (χ2n) is 8.37. The first-order chi connectivity index (χ1) is 16.9. The average molecular weight is 489 g/mol. The van der Waals surface area contributed by atoms with Gasteiger partial charge in [0.1, 0.15) is 0 Å². The summed E-state index contributed by atoms with van der Waals surface area (Å²) in [7, 11) is -3.60. The van der Waals surface area contributed by atoms with Gasteiger partial charge in [-0.2, -0.15) is 4.31 Å². The van der Waals surface area contributed by atoms with Crippen LogP contribution in [0.25, 0.3) is 21.5 Å². The summed E-state index contributed by atoms with van der Waals surface area (Å²) in [6.45, 7) is 0.441. The summed E-state index contributed by atoms with van der Waals surface area (Å²) in [6.07, 6.45) is 0. The van der Waals surface area contributed by atoms with Crippen LogP contribution in [0, 0.1) is 0 Å². The molecule has 0 spiro atoms. The summed E-state index contributed by atoms with van der Waals surface area (Å²) in [6, 6.07) is 25.4. The van der Waals surface area contributed by atoms with E-state index in [0.29, 0.717) is 5.56 Å². The van der Waals surface area contributed by atoms with Gasteiger partial charge >= 0.3 is 5.97 Å². The highest BCUT2D eigenvalue weighted by Crippen LogP contribution is 2.29. The van der Waals surface area contributed by atoms with Gasteiger partial charge in [-0.25, -0.2) is 13.2 Å². The molecule has 0 aromatic heterocycles. The molecule has 5 rings (SSSR count). The molecule has 0 N–H and O–H groups in total. The summed E-state index contributed by atoms with van der Waals surface area (Å²) in [5.41, 5.74) is 0.435. The first-order valence-electron chi connectivity index (χ1n) is 11.4. The van der Waals surface area contributed by atoms with E-state index in [1.807, 2.05) is 54.6 Å². The molecule has 1 aliphatic rings. The number of nitrogens with zero attached hydrogens (tertiary/aromatic N) is 2. The average Bonchev–Trinajstić information content (AvgIpc) is 2.90. The number of sulfonamides is 1. The Bertz CT molecular complexity index is 1460. The number of hydrogen-bond donors (Lipinski definition) is 0. The predicted octanol–water partition coefficient (Wildman–Crippen LogP) is 3.68. The SMILES string of the molecule is O=C(OCC(=O)N1CCN(S(=O)(=O)c2ccccc2)CC1)c1c2ccccc2cc2ccccc12. The van der Waals surface area contributed by atoms with Crippen LogP contribution in [0.1, 0.15) is 10.4 Å². The molecule has 4 aromatic carbocycles. The van der Waals surface area contributed by atoms with E-state index >= 15 is 0 Å². The maximum absolute atomic E-state index is 13.1. The molecule has 0 unspecified atom stereocenters. The van der Waals surface area contributed by atoms with Crippen LogP contribution < -0.4 is 0 Å². The summed E-state index contributed by atoms with van der Waals surface area (Å²) < 4.78 is 32.4. The van der Waals surface area contributed by atoms with E-state index in [0.717, 1.165) is 21.5 Å². The predicted molar refractivity (Wildman–Crippen MR) is 134 cm³/mol. The minimum atomic E-state index is -3.60. The van der Waals surface area contributed by atoms with Crippen LogP contribution in [-0.4, -0.2) is 62.3 Å². The number of carbonyl (C=O) groups excluding carboxylic acids is 2. The Hall–Kier alpha value is -3.75. The van der Waals surface area contributed by atoms with Crippen molar-refractivity contribution in [1.29, 1.82) is 0 Å². The lowest BCUT2D eigenvalue weighted by Gasteiger charge is -2.33. The third-order valence-electron chi connectivity index (χ3n) is 6.27. The van der Waals surface area contributed by atoms with Crippen molar-refractivity contribution in [1.82, 2.24) is 9.21 Å². The molecule has 1 heterocycles. The smallest absolute Gasteiger partial charge is 0.339 e. The van der Waals surface area contributed by atoms with Crippen LogP contribution >= 0.6 is 0 Å². The van der Waals surface area contributed by atoms with Crippen molar-refractivity contribution in [2.24, 2.45) is 0 Å². The second-order valence-corrected chi connectivity index (χ2v) is 10.3. The van der Waals surface area contributed by atoms with Crippen molar-refractivity contribution < 1.29 is 22.7 Å². The van der Waals surface area contributed by atoms with E-state index in [2.05, 4.69) is 0 Å². The number of hydrogen-bond acceptors (Lipinski definition) is 5. The molecule has 35 heavy (non-hydrogen) atoms. The van der Waals surface area contributed by atoms with Crippen LogP contribution in [0.3, 0.4) is 0 Å². The summed E-state index contributed by atoms with van der Waals surface area (Å²) in [5, 5.41) is 3.37. The molecular formula is C27H24N2O5S. The molecule has 1 amide bonds. The van der Waals surface area contributed by atoms with Gasteiger partial charge in [0.05, 0.1) is 10.5 Å². The standard InChI is InChI=1S/C27H24N2O5S/c30-25(28-14-16-29(17-15-28)35(32,33)22-10-2-1-3-11-22)19-34-27(31)26-23-12-6-4-8-20(23)18-21-9-5-7-13-24(21)26/h1-13,18H,14-17,19H2. The number of fused-ring (bicyclic) bond motifs is 2. The van der Waals surface area contributed by atoms with Gasteiger partial charge in [-0.1, -0.05) is 66.7 Å². The number of carbonyl (C=O) groups is 2. The normalized spacial score (nSPS) is 14.8. The van der Waals surface area contributed by atoms with Gasteiger partial charge in [-0.05, 0) is 39.7 Å². The van der Waals surface area contributed by atoms with E-state index in [1.165, 1.54) is 9.21 Å². The van der Waals surface area contributed by atoms with Crippen LogP contribution in [0.2, 0.25) is 0 Å². The third-order valence-corrected chi connectivity index (χ3v) is 8.19. The molecule has 178 valence electrons. The first kappa shape index (κ1) is 23.0. The van der Waals surface area contributed by atoms with E-state index in [9.17, 15) is 18.0 Å². The Balaban J connectivity index is 1.26. The molecule has 1 aliphatic heterocycles. The van der Waals surface area contributed by atoms with Gasteiger partial charge < -0.3 is 9.64 Å². The van der Waals surface area contributed by atoms with Crippen molar-refractivity contribution in [3.8, 4) is 0 Å². The van der Waals surface area contributed by atoms with Gasteiger partial charge in [-0.15, -0.1) is 0 Å². The highest BCUT2D eigenvalue weighted by molar-refractivity contribution is 7.89. The lowest BCUT2D eigenvalue weighted by Crippen LogP contribution is -2.51. The topological polar surface area (TPSA) is 84.0 Å². The Morgan fingerprint density at radius 3 is 1.89 bits per heavy atom. The van der Waals surface area contributed by atoms with Crippen molar-refractivity contribution in [3.63, 3.8) is 0 Å². The summed E-state index contributed by atoms with van der Waals surface area (Å²) >= 11 is 0. The number of rotatable bonds is 5. The Morgan fingerprint density at radius 2 is 1.29 bits per heavy atom. The van der Waals surface area contributed by atoms with Gasteiger partial charge in [0.15, 0.2) is 6.61 Å². The molecule has 1 saturated heterocycles. The third kappa shape index (κ3) is 4.50. The molecule has 0 atom stereocenters. The van der Waals surface area contributed by atoms with Gasteiger partial charge in [0.2, 0.25) is 10.0 Å².